The molecule has 0 saturated carbocycles. The van der Waals surface area contributed by atoms with Crippen LogP contribution in [-0.2, 0) is 0 Å². The highest BCUT2D eigenvalue weighted by molar-refractivity contribution is 6.35. The molecule has 0 heterocycles. The summed E-state index contributed by atoms with van der Waals surface area (Å²) in [4.78, 5) is 12.0. The van der Waals surface area contributed by atoms with Crippen molar-refractivity contribution in [1.29, 1.82) is 0 Å². The number of carbonyl (C=O) groups is 1. The maximum Gasteiger partial charge on any atom is 0.251 e. The molecule has 1 aromatic carbocycles. The summed E-state index contributed by atoms with van der Waals surface area (Å²) in [5.74, 6) is -0.420. The van der Waals surface area contributed by atoms with Crippen molar-refractivity contribution in [2.24, 2.45) is 0 Å². The van der Waals surface area contributed by atoms with Crippen LogP contribution in [0.25, 0.3) is 0 Å². The van der Waals surface area contributed by atoms with Gasteiger partial charge in [0.25, 0.3) is 5.91 Å². The zero-order valence-electron chi connectivity index (χ0n) is 10.1. The molecule has 1 atom stereocenters. The smallest absolute Gasteiger partial charge is 0.251 e. The number of hydrogen-bond acceptors (Lipinski definition) is 3. The second-order valence-electron chi connectivity index (χ2n) is 4.53. The van der Waals surface area contributed by atoms with E-state index < -0.39 is 24.2 Å². The van der Waals surface area contributed by atoms with E-state index in [0.29, 0.717) is 15.6 Å². The summed E-state index contributed by atoms with van der Waals surface area (Å²) in [5, 5.41) is 21.8. The molecule has 0 aliphatic carbocycles. The van der Waals surface area contributed by atoms with Gasteiger partial charge >= 0.3 is 0 Å². The number of aliphatic hydroxyl groups excluding tert-OH is 2. The highest BCUT2D eigenvalue weighted by Crippen LogP contribution is 2.20. The van der Waals surface area contributed by atoms with Crippen LogP contribution >= 0.6 is 23.2 Å². The Kier molecular flexibility index (Phi) is 4.99. The number of nitrogens with one attached hydrogen (secondary N) is 1. The lowest BCUT2D eigenvalue weighted by Crippen LogP contribution is -2.53. The third-order valence-corrected chi connectivity index (χ3v) is 3.00. The van der Waals surface area contributed by atoms with E-state index in [1.54, 1.807) is 13.8 Å². The lowest BCUT2D eigenvalue weighted by Gasteiger charge is -2.30. The molecule has 1 amide bonds. The summed E-state index contributed by atoms with van der Waals surface area (Å²) >= 11 is 11.6. The number of benzene rings is 1. The Hall–Kier alpha value is -0.810. The zero-order valence-corrected chi connectivity index (χ0v) is 11.6. The van der Waals surface area contributed by atoms with Crippen LogP contribution in [0, 0.1) is 0 Å². The molecule has 0 aromatic heterocycles. The van der Waals surface area contributed by atoms with E-state index >= 15 is 0 Å². The average Bonchev–Trinajstić information content (AvgIpc) is 2.25. The largest absolute Gasteiger partial charge is 0.394 e. The minimum absolute atomic E-state index is 0.297. The summed E-state index contributed by atoms with van der Waals surface area (Å²) in [6, 6.07) is 4.47. The van der Waals surface area contributed by atoms with Crippen molar-refractivity contribution < 1.29 is 15.0 Å². The van der Waals surface area contributed by atoms with E-state index in [0.717, 1.165) is 0 Å². The Bertz CT molecular complexity index is 429. The van der Waals surface area contributed by atoms with Gasteiger partial charge in [-0.1, -0.05) is 23.2 Å². The molecule has 3 N–H and O–H groups in total. The van der Waals surface area contributed by atoms with Crippen molar-refractivity contribution in [2.75, 3.05) is 6.61 Å². The number of aliphatic hydroxyl groups is 2. The van der Waals surface area contributed by atoms with Gasteiger partial charge in [-0.2, -0.15) is 0 Å². The summed E-state index contributed by atoms with van der Waals surface area (Å²) in [5.41, 5.74) is -0.661. The number of carbonyl (C=O) groups excluding carboxylic acids is 1. The van der Waals surface area contributed by atoms with Crippen LogP contribution in [0.15, 0.2) is 18.2 Å². The minimum atomic E-state index is -1.06. The summed E-state index contributed by atoms with van der Waals surface area (Å²) in [6.07, 6.45) is -1.06. The SMILES string of the molecule is CC(C)(NC(=O)c1cc(Cl)cc(Cl)c1)C(O)CO. The molecule has 1 rings (SSSR count). The van der Waals surface area contributed by atoms with Crippen molar-refractivity contribution in [2.45, 2.75) is 25.5 Å². The predicted molar refractivity (Wildman–Crippen MR) is 71.1 cm³/mol. The number of halogens is 2. The van der Waals surface area contributed by atoms with Crippen LogP contribution in [0.5, 0.6) is 0 Å². The van der Waals surface area contributed by atoms with Gasteiger partial charge < -0.3 is 15.5 Å². The Labute approximate surface area is 116 Å². The summed E-state index contributed by atoms with van der Waals surface area (Å²) in [7, 11) is 0. The standard InChI is InChI=1S/C12H15Cl2NO3/c1-12(2,10(17)6-16)15-11(18)7-3-8(13)5-9(14)4-7/h3-5,10,16-17H,6H2,1-2H3,(H,15,18). The van der Waals surface area contributed by atoms with Crippen molar-refractivity contribution in [3.63, 3.8) is 0 Å². The lowest BCUT2D eigenvalue weighted by molar-refractivity contribution is 0.0273. The highest BCUT2D eigenvalue weighted by atomic mass is 35.5. The maximum atomic E-state index is 12.0. The van der Waals surface area contributed by atoms with Gasteiger partial charge in [0, 0.05) is 15.6 Å². The van der Waals surface area contributed by atoms with Gasteiger partial charge in [0.05, 0.1) is 18.2 Å². The fraction of sp³-hybridized carbons (Fsp3) is 0.417. The third kappa shape index (κ3) is 3.85. The highest BCUT2D eigenvalue weighted by Gasteiger charge is 2.29. The van der Waals surface area contributed by atoms with Crippen molar-refractivity contribution in [1.82, 2.24) is 5.32 Å². The topological polar surface area (TPSA) is 69.6 Å². The Morgan fingerprint density at radius 2 is 1.83 bits per heavy atom. The van der Waals surface area contributed by atoms with Crippen molar-refractivity contribution in [3.8, 4) is 0 Å². The molecule has 1 unspecified atom stereocenters. The fourth-order valence-electron chi connectivity index (χ4n) is 1.36. The second-order valence-corrected chi connectivity index (χ2v) is 5.41. The van der Waals surface area contributed by atoms with Gasteiger partial charge in [-0.25, -0.2) is 0 Å². The molecule has 0 bridgehead atoms. The zero-order chi connectivity index (χ0) is 13.9. The first kappa shape index (κ1) is 15.2. The van der Waals surface area contributed by atoms with Crippen molar-refractivity contribution >= 4 is 29.1 Å². The molecule has 0 aliphatic rings. The second kappa shape index (κ2) is 5.89. The van der Waals surface area contributed by atoms with E-state index in [2.05, 4.69) is 5.32 Å². The summed E-state index contributed by atoms with van der Waals surface area (Å²) in [6.45, 7) is 2.78. The molecular weight excluding hydrogens is 277 g/mol. The van der Waals surface area contributed by atoms with Crippen LogP contribution < -0.4 is 5.32 Å². The number of amides is 1. The molecule has 0 spiro atoms. The van der Waals surface area contributed by atoms with Crippen LogP contribution in [-0.4, -0.2) is 34.4 Å². The van der Waals surface area contributed by atoms with Crippen LogP contribution in [0.2, 0.25) is 10.0 Å². The Balaban J connectivity index is 2.88. The van der Waals surface area contributed by atoms with E-state index in [4.69, 9.17) is 28.3 Å². The first-order valence-electron chi connectivity index (χ1n) is 5.34. The van der Waals surface area contributed by atoms with Gasteiger partial charge in [0.1, 0.15) is 0 Å². The quantitative estimate of drug-likeness (QED) is 0.793. The van der Waals surface area contributed by atoms with Gasteiger partial charge in [0.15, 0.2) is 0 Å². The van der Waals surface area contributed by atoms with E-state index in [1.807, 2.05) is 0 Å². The van der Waals surface area contributed by atoms with Crippen molar-refractivity contribution in [3.05, 3.63) is 33.8 Å². The normalized spacial score (nSPS) is 13.2. The van der Waals surface area contributed by atoms with Gasteiger partial charge in [-0.05, 0) is 32.0 Å². The van der Waals surface area contributed by atoms with E-state index in [9.17, 15) is 9.90 Å². The van der Waals surface area contributed by atoms with Gasteiger partial charge in [-0.3, -0.25) is 4.79 Å². The fourth-order valence-corrected chi connectivity index (χ4v) is 1.89. The summed E-state index contributed by atoms with van der Waals surface area (Å²) < 4.78 is 0. The third-order valence-electron chi connectivity index (χ3n) is 2.57. The maximum absolute atomic E-state index is 12.0. The van der Waals surface area contributed by atoms with E-state index in [1.165, 1.54) is 18.2 Å². The molecule has 0 saturated heterocycles. The Morgan fingerprint density at radius 3 is 2.28 bits per heavy atom. The molecule has 0 fully saturated rings. The van der Waals surface area contributed by atoms with Crippen LogP contribution in [0.3, 0.4) is 0 Å². The van der Waals surface area contributed by atoms with Crippen LogP contribution in [0.1, 0.15) is 24.2 Å². The van der Waals surface area contributed by atoms with Gasteiger partial charge in [-0.15, -0.1) is 0 Å². The monoisotopic (exact) mass is 291 g/mol. The first-order chi connectivity index (χ1) is 8.26. The minimum Gasteiger partial charge on any atom is -0.394 e. The lowest BCUT2D eigenvalue weighted by atomic mass is 9.97. The average molecular weight is 292 g/mol. The molecule has 1 aromatic rings. The molecule has 4 nitrogen and oxygen atoms in total. The first-order valence-corrected chi connectivity index (χ1v) is 6.09. The number of rotatable bonds is 4. The molecule has 100 valence electrons. The molecular formula is C12H15Cl2NO3. The molecule has 18 heavy (non-hydrogen) atoms. The molecule has 0 aliphatic heterocycles. The van der Waals surface area contributed by atoms with E-state index in [-0.39, 0.29) is 0 Å². The Morgan fingerprint density at radius 1 is 1.33 bits per heavy atom. The number of hydrogen-bond donors (Lipinski definition) is 3. The molecule has 6 heteroatoms. The van der Waals surface area contributed by atoms with Crippen LogP contribution in [0.4, 0.5) is 0 Å². The van der Waals surface area contributed by atoms with Gasteiger partial charge in [0.2, 0.25) is 0 Å². The predicted octanol–water partition coefficient (Wildman–Crippen LogP) is 1.85. The molecule has 0 radical (unpaired) electrons.